The molecule has 4 aromatic carbocycles. The maximum absolute atomic E-state index is 14.1. The largest absolute Gasteiger partial charge is 0.280 e. The van der Waals surface area contributed by atoms with Crippen molar-refractivity contribution in [3.63, 3.8) is 0 Å². The van der Waals surface area contributed by atoms with Crippen LogP contribution in [0, 0.1) is 0 Å². The van der Waals surface area contributed by atoms with E-state index in [2.05, 4.69) is 6.92 Å². The van der Waals surface area contributed by atoms with Gasteiger partial charge in [0.15, 0.2) is 0 Å². The highest BCUT2D eigenvalue weighted by molar-refractivity contribution is 6.33. The molecule has 0 bridgehead atoms. The summed E-state index contributed by atoms with van der Waals surface area (Å²) in [5, 5.41) is 3.48. The Morgan fingerprint density at radius 1 is 0.600 bits per heavy atom. The molecular formula is C33H29N3O4. The smallest absolute Gasteiger partial charge is 0.272 e. The molecule has 40 heavy (non-hydrogen) atoms. The topological polar surface area (TPSA) is 78.0 Å². The van der Waals surface area contributed by atoms with Crippen molar-refractivity contribution >= 4 is 45.8 Å². The Labute approximate surface area is 232 Å². The van der Waals surface area contributed by atoms with Crippen LogP contribution in [0.15, 0.2) is 84.9 Å². The first-order chi connectivity index (χ1) is 19.4. The quantitative estimate of drug-likeness (QED) is 0.186. The third-order valence-electron chi connectivity index (χ3n) is 7.77. The predicted molar refractivity (Wildman–Crippen MR) is 154 cm³/mol. The number of rotatable bonds is 8. The first-order valence-corrected chi connectivity index (χ1v) is 13.7. The second kappa shape index (κ2) is 10.1. The Balaban J connectivity index is 1.48. The summed E-state index contributed by atoms with van der Waals surface area (Å²) in [6.45, 7) is 4.01. The van der Waals surface area contributed by atoms with Gasteiger partial charge in [-0.15, -0.1) is 0 Å². The molecule has 2 aliphatic heterocycles. The monoisotopic (exact) mass is 531 g/mol. The standard InChI is InChI=1S/C33H29N3O4/c1-3-4-7-12-21(2)34-30(37)24-17-19-26-29-27(20-18-25(28(24)29)31(34)38)33(40)36(32(26)39)35(22-13-8-5-9-14-22)23-15-10-6-11-16-23/h5-6,8-11,13-21H,3-4,7,12H2,1-2H3. The van der Waals surface area contributed by atoms with E-state index in [-0.39, 0.29) is 29.0 Å². The van der Waals surface area contributed by atoms with Crippen LogP contribution in [0.5, 0.6) is 0 Å². The Morgan fingerprint density at radius 2 is 1.02 bits per heavy atom. The van der Waals surface area contributed by atoms with E-state index < -0.39 is 11.8 Å². The third-order valence-corrected chi connectivity index (χ3v) is 7.77. The van der Waals surface area contributed by atoms with Gasteiger partial charge in [0.1, 0.15) is 0 Å². The number of hydrogen-bond donors (Lipinski definition) is 0. The van der Waals surface area contributed by atoms with Crippen molar-refractivity contribution in [2.24, 2.45) is 0 Å². The van der Waals surface area contributed by atoms with Crippen LogP contribution >= 0.6 is 0 Å². The van der Waals surface area contributed by atoms with E-state index in [0.29, 0.717) is 33.3 Å². The molecular weight excluding hydrogens is 502 g/mol. The highest BCUT2D eigenvalue weighted by Gasteiger charge is 2.42. The fourth-order valence-electron chi connectivity index (χ4n) is 5.80. The van der Waals surface area contributed by atoms with E-state index in [1.807, 2.05) is 67.6 Å². The van der Waals surface area contributed by atoms with Gasteiger partial charge < -0.3 is 0 Å². The lowest BCUT2D eigenvalue weighted by molar-refractivity contribution is 0.0536. The number of amides is 4. The minimum Gasteiger partial charge on any atom is -0.272 e. The van der Waals surface area contributed by atoms with Gasteiger partial charge in [-0.3, -0.25) is 24.1 Å². The highest BCUT2D eigenvalue weighted by atomic mass is 16.2. The molecule has 2 heterocycles. The van der Waals surface area contributed by atoms with Gasteiger partial charge >= 0.3 is 0 Å². The molecule has 7 heteroatoms. The number of unbranched alkanes of at least 4 members (excludes halogenated alkanes) is 2. The molecule has 1 atom stereocenters. The summed E-state index contributed by atoms with van der Waals surface area (Å²) in [5.74, 6) is -1.82. The minimum absolute atomic E-state index is 0.258. The predicted octanol–water partition coefficient (Wildman–Crippen LogP) is 6.75. The second-order valence-corrected chi connectivity index (χ2v) is 10.3. The van der Waals surface area contributed by atoms with Crippen molar-refractivity contribution in [2.45, 2.75) is 45.6 Å². The van der Waals surface area contributed by atoms with E-state index in [0.717, 1.165) is 30.7 Å². The van der Waals surface area contributed by atoms with Crippen molar-refractivity contribution in [3.05, 3.63) is 107 Å². The number of anilines is 2. The third kappa shape index (κ3) is 3.88. The van der Waals surface area contributed by atoms with E-state index >= 15 is 0 Å². The lowest BCUT2D eigenvalue weighted by Crippen LogP contribution is -2.51. The molecule has 200 valence electrons. The number of carbonyl (C=O) groups excluding carboxylic acids is 4. The van der Waals surface area contributed by atoms with Crippen molar-refractivity contribution < 1.29 is 19.2 Å². The number of imide groups is 2. The minimum atomic E-state index is -0.524. The summed E-state index contributed by atoms with van der Waals surface area (Å²) < 4.78 is 0. The van der Waals surface area contributed by atoms with Gasteiger partial charge in [-0.1, -0.05) is 62.6 Å². The summed E-state index contributed by atoms with van der Waals surface area (Å²) in [4.78, 5) is 56.8. The number of para-hydroxylation sites is 2. The fourth-order valence-corrected chi connectivity index (χ4v) is 5.80. The molecule has 4 aromatic rings. The van der Waals surface area contributed by atoms with Gasteiger partial charge in [0.2, 0.25) is 0 Å². The summed E-state index contributed by atoms with van der Waals surface area (Å²) in [7, 11) is 0. The molecule has 0 aliphatic carbocycles. The Hall–Kier alpha value is -4.78. The van der Waals surface area contributed by atoms with Crippen LogP contribution in [-0.2, 0) is 0 Å². The second-order valence-electron chi connectivity index (χ2n) is 10.3. The van der Waals surface area contributed by atoms with Crippen LogP contribution in [-0.4, -0.2) is 39.6 Å². The van der Waals surface area contributed by atoms with Gasteiger partial charge in [0.05, 0.1) is 22.5 Å². The molecule has 0 saturated heterocycles. The van der Waals surface area contributed by atoms with Crippen molar-refractivity contribution in [1.82, 2.24) is 9.91 Å². The molecule has 6 rings (SSSR count). The zero-order valence-corrected chi connectivity index (χ0v) is 22.5. The maximum Gasteiger partial charge on any atom is 0.280 e. The van der Waals surface area contributed by atoms with Crippen LogP contribution in [0.2, 0.25) is 0 Å². The fraction of sp³-hybridized carbons (Fsp3) is 0.212. The van der Waals surface area contributed by atoms with E-state index in [1.54, 1.807) is 29.3 Å². The van der Waals surface area contributed by atoms with Crippen LogP contribution < -0.4 is 5.01 Å². The number of benzene rings is 4. The Morgan fingerprint density at radius 3 is 1.45 bits per heavy atom. The average Bonchev–Trinajstić information content (AvgIpc) is 2.98. The SMILES string of the molecule is CCCCCC(C)N1C(=O)c2ccc3c4c(ccc(c24)C1=O)C(=O)N(N(c1ccccc1)c1ccccc1)C3=O. The van der Waals surface area contributed by atoms with E-state index in [4.69, 9.17) is 0 Å². The molecule has 1 unspecified atom stereocenters. The highest BCUT2D eigenvalue weighted by Crippen LogP contribution is 2.40. The van der Waals surface area contributed by atoms with Gasteiger partial charge in [-0.05, 0) is 61.9 Å². The molecule has 0 aromatic heterocycles. The molecule has 0 spiro atoms. The Kier molecular flexibility index (Phi) is 6.42. The van der Waals surface area contributed by atoms with Crippen molar-refractivity contribution in [2.75, 3.05) is 5.01 Å². The molecule has 0 radical (unpaired) electrons. The zero-order chi connectivity index (χ0) is 28.0. The van der Waals surface area contributed by atoms with Crippen LogP contribution in [0.25, 0.3) is 10.8 Å². The first kappa shape index (κ1) is 25.5. The summed E-state index contributed by atoms with van der Waals surface area (Å²) in [5.41, 5.74) is 2.52. The van der Waals surface area contributed by atoms with Gasteiger partial charge in [0, 0.05) is 27.9 Å². The first-order valence-electron chi connectivity index (χ1n) is 13.7. The molecule has 0 N–H and O–H groups in total. The number of carbonyl (C=O) groups is 4. The van der Waals surface area contributed by atoms with Crippen molar-refractivity contribution in [1.29, 1.82) is 0 Å². The van der Waals surface area contributed by atoms with Crippen LogP contribution in [0.1, 0.15) is 81.0 Å². The Bertz CT molecular complexity index is 1560. The van der Waals surface area contributed by atoms with E-state index in [1.165, 1.54) is 4.90 Å². The number of hydrazine groups is 1. The molecule has 0 fully saturated rings. The molecule has 4 amide bonds. The van der Waals surface area contributed by atoms with Crippen LogP contribution in [0.3, 0.4) is 0 Å². The zero-order valence-electron chi connectivity index (χ0n) is 22.5. The van der Waals surface area contributed by atoms with Crippen molar-refractivity contribution in [3.8, 4) is 0 Å². The molecule has 2 aliphatic rings. The number of nitrogens with zero attached hydrogens (tertiary/aromatic N) is 3. The lowest BCUT2D eigenvalue weighted by Gasteiger charge is -2.38. The average molecular weight is 532 g/mol. The van der Waals surface area contributed by atoms with Gasteiger partial charge in [-0.25, -0.2) is 5.01 Å². The summed E-state index contributed by atoms with van der Waals surface area (Å²) in [6, 6.07) is 24.6. The molecule has 7 nitrogen and oxygen atoms in total. The summed E-state index contributed by atoms with van der Waals surface area (Å²) >= 11 is 0. The normalized spacial score (nSPS) is 15.2. The van der Waals surface area contributed by atoms with Gasteiger partial charge in [-0.2, -0.15) is 5.01 Å². The lowest BCUT2D eigenvalue weighted by atomic mass is 9.85. The number of hydrogen-bond acceptors (Lipinski definition) is 5. The summed E-state index contributed by atoms with van der Waals surface area (Å²) in [6.07, 6.45) is 3.73. The van der Waals surface area contributed by atoms with E-state index in [9.17, 15) is 19.2 Å². The maximum atomic E-state index is 14.1. The van der Waals surface area contributed by atoms with Gasteiger partial charge in [0.25, 0.3) is 23.6 Å². The van der Waals surface area contributed by atoms with Crippen LogP contribution in [0.4, 0.5) is 11.4 Å². The molecule has 0 saturated carbocycles.